The average molecular weight is 430 g/mol. The molecule has 2 N–H and O–H groups in total. The summed E-state index contributed by atoms with van der Waals surface area (Å²) >= 11 is 1.22. The Labute approximate surface area is 183 Å². The number of para-hydroxylation sites is 1. The number of carbonyl (C=O) groups excluding carboxylic acids is 1. The van der Waals surface area contributed by atoms with Crippen molar-refractivity contribution in [2.75, 3.05) is 0 Å². The van der Waals surface area contributed by atoms with Crippen LogP contribution in [0.15, 0.2) is 88.8 Å². The number of rotatable bonds is 6. The summed E-state index contributed by atoms with van der Waals surface area (Å²) in [5.74, 6) is -0.563. The third-order valence-electron chi connectivity index (χ3n) is 4.44. The molecule has 3 aromatic rings. The molecule has 7 heteroatoms. The second kappa shape index (κ2) is 9.32. The van der Waals surface area contributed by atoms with Gasteiger partial charge >= 0.3 is 5.97 Å². The molecule has 0 aliphatic carbocycles. The van der Waals surface area contributed by atoms with Crippen LogP contribution in [0.5, 0.6) is 5.75 Å². The summed E-state index contributed by atoms with van der Waals surface area (Å²) < 4.78 is 5.96. The van der Waals surface area contributed by atoms with Crippen molar-refractivity contribution < 1.29 is 19.4 Å². The van der Waals surface area contributed by atoms with E-state index in [1.54, 1.807) is 18.2 Å². The highest BCUT2D eigenvalue weighted by molar-refractivity contribution is 8.18. The zero-order valence-electron chi connectivity index (χ0n) is 16.3. The normalized spacial score (nSPS) is 15.8. The third-order valence-corrected chi connectivity index (χ3v) is 5.35. The molecular formula is C24H18N2O4S. The number of nitrogens with one attached hydrogen (secondary N) is 1. The zero-order chi connectivity index (χ0) is 21.6. The van der Waals surface area contributed by atoms with Gasteiger partial charge in [0.2, 0.25) is 0 Å². The van der Waals surface area contributed by atoms with Crippen LogP contribution < -0.4 is 10.1 Å². The largest absolute Gasteiger partial charge is 0.488 e. The van der Waals surface area contributed by atoms with E-state index in [-0.39, 0.29) is 11.5 Å². The minimum absolute atomic E-state index is 0.180. The second-order valence-corrected chi connectivity index (χ2v) is 7.68. The van der Waals surface area contributed by atoms with Crippen molar-refractivity contribution in [2.45, 2.75) is 6.61 Å². The highest BCUT2D eigenvalue weighted by atomic mass is 32.2. The number of benzene rings is 3. The summed E-state index contributed by atoms with van der Waals surface area (Å²) in [5.41, 5.74) is 2.59. The summed E-state index contributed by atoms with van der Waals surface area (Å²) in [4.78, 5) is 28.2. The van der Waals surface area contributed by atoms with Crippen LogP contribution in [-0.4, -0.2) is 22.2 Å². The van der Waals surface area contributed by atoms with Gasteiger partial charge in [-0.3, -0.25) is 4.79 Å². The van der Waals surface area contributed by atoms with Gasteiger partial charge in [-0.05, 0) is 53.7 Å². The van der Waals surface area contributed by atoms with E-state index in [4.69, 9.17) is 9.84 Å². The molecule has 0 spiro atoms. The summed E-state index contributed by atoms with van der Waals surface area (Å²) in [7, 11) is 0. The fourth-order valence-electron chi connectivity index (χ4n) is 2.88. The van der Waals surface area contributed by atoms with Crippen molar-refractivity contribution in [3.63, 3.8) is 0 Å². The number of aliphatic imine (C=N–C) groups is 1. The molecule has 1 aliphatic heterocycles. The van der Waals surface area contributed by atoms with Crippen molar-refractivity contribution in [1.29, 1.82) is 0 Å². The molecule has 1 fully saturated rings. The molecule has 3 aromatic carbocycles. The Morgan fingerprint density at radius 2 is 1.71 bits per heavy atom. The first-order chi connectivity index (χ1) is 15.1. The molecule has 31 heavy (non-hydrogen) atoms. The number of carboxylic acids is 1. The van der Waals surface area contributed by atoms with Gasteiger partial charge in [0.1, 0.15) is 12.4 Å². The zero-order valence-corrected chi connectivity index (χ0v) is 17.1. The monoisotopic (exact) mass is 430 g/mol. The Morgan fingerprint density at radius 3 is 2.45 bits per heavy atom. The summed E-state index contributed by atoms with van der Waals surface area (Å²) in [6.45, 7) is 0.430. The molecule has 0 radical (unpaired) electrons. The minimum Gasteiger partial charge on any atom is -0.488 e. The standard InChI is InChI=1S/C24H18N2O4S/c27-22-21(31-24(26-22)25-19-12-10-17(11-13-19)23(28)29)14-18-8-4-5-9-20(18)30-15-16-6-2-1-3-7-16/h1-14H,15H2,(H,28,29)(H,25,26,27)/b21-14+. The average Bonchev–Trinajstić information content (AvgIpc) is 3.12. The van der Waals surface area contributed by atoms with Crippen LogP contribution in [0, 0.1) is 0 Å². The first-order valence-corrected chi connectivity index (χ1v) is 10.3. The number of ether oxygens (including phenoxy) is 1. The minimum atomic E-state index is -0.999. The maximum atomic E-state index is 12.4. The van der Waals surface area contributed by atoms with Crippen LogP contribution in [0.2, 0.25) is 0 Å². The lowest BCUT2D eigenvalue weighted by molar-refractivity contribution is -0.115. The van der Waals surface area contributed by atoms with Crippen molar-refractivity contribution in [3.8, 4) is 5.75 Å². The Kier molecular flexibility index (Phi) is 6.14. The Balaban J connectivity index is 1.50. The van der Waals surface area contributed by atoms with E-state index in [1.165, 1.54) is 23.9 Å². The molecule has 154 valence electrons. The van der Waals surface area contributed by atoms with E-state index in [0.717, 1.165) is 11.1 Å². The predicted octanol–water partition coefficient (Wildman–Crippen LogP) is 4.86. The molecule has 6 nitrogen and oxygen atoms in total. The molecule has 4 rings (SSSR count). The number of hydrogen-bond acceptors (Lipinski definition) is 5. The molecule has 0 aromatic heterocycles. The van der Waals surface area contributed by atoms with Gasteiger partial charge in [0.05, 0.1) is 16.2 Å². The second-order valence-electron chi connectivity index (χ2n) is 6.65. The highest BCUT2D eigenvalue weighted by Gasteiger charge is 2.24. The van der Waals surface area contributed by atoms with Crippen molar-refractivity contribution in [3.05, 3.63) is 100 Å². The molecule has 1 saturated heterocycles. The SMILES string of the molecule is O=C1NC(=Nc2ccc(C(=O)O)cc2)S/C1=C/c1ccccc1OCc1ccccc1. The number of carbonyl (C=O) groups is 2. The van der Waals surface area contributed by atoms with E-state index < -0.39 is 5.97 Å². The van der Waals surface area contributed by atoms with Crippen LogP contribution in [0.1, 0.15) is 21.5 Å². The van der Waals surface area contributed by atoms with Crippen LogP contribution in [0.25, 0.3) is 6.08 Å². The number of hydrogen-bond donors (Lipinski definition) is 2. The quantitative estimate of drug-likeness (QED) is 0.546. The van der Waals surface area contributed by atoms with Crippen molar-refractivity contribution >= 4 is 40.6 Å². The molecular weight excluding hydrogens is 412 g/mol. The lowest BCUT2D eigenvalue weighted by atomic mass is 10.2. The topological polar surface area (TPSA) is 88.0 Å². The number of aromatic carboxylic acids is 1. The van der Waals surface area contributed by atoms with Gasteiger partial charge in [-0.25, -0.2) is 9.79 Å². The lowest BCUT2D eigenvalue weighted by Gasteiger charge is -2.09. The van der Waals surface area contributed by atoms with Gasteiger partial charge in [0.15, 0.2) is 5.17 Å². The van der Waals surface area contributed by atoms with Gasteiger partial charge in [0.25, 0.3) is 5.91 Å². The summed E-state index contributed by atoms with van der Waals surface area (Å²) in [6, 6.07) is 23.5. The number of amides is 1. The number of thioether (sulfide) groups is 1. The number of carboxylic acid groups (broad SMARTS) is 1. The Morgan fingerprint density at radius 1 is 1.00 bits per heavy atom. The van der Waals surface area contributed by atoms with Gasteiger partial charge in [-0.2, -0.15) is 0 Å². The Bertz CT molecular complexity index is 1170. The molecule has 1 amide bonds. The van der Waals surface area contributed by atoms with Crippen molar-refractivity contribution in [1.82, 2.24) is 5.32 Å². The van der Waals surface area contributed by atoms with E-state index in [0.29, 0.717) is 28.1 Å². The maximum Gasteiger partial charge on any atom is 0.335 e. The highest BCUT2D eigenvalue weighted by Crippen LogP contribution is 2.31. The third kappa shape index (κ3) is 5.21. The smallest absolute Gasteiger partial charge is 0.335 e. The molecule has 1 aliphatic rings. The van der Waals surface area contributed by atoms with E-state index in [2.05, 4.69) is 10.3 Å². The van der Waals surface area contributed by atoms with Crippen LogP contribution in [-0.2, 0) is 11.4 Å². The van der Waals surface area contributed by atoms with Gasteiger partial charge in [-0.15, -0.1) is 0 Å². The fourth-order valence-corrected chi connectivity index (χ4v) is 3.72. The summed E-state index contributed by atoms with van der Waals surface area (Å²) in [5, 5.41) is 12.1. The molecule has 0 bridgehead atoms. The molecule has 0 saturated carbocycles. The van der Waals surface area contributed by atoms with Gasteiger partial charge in [0, 0.05) is 5.56 Å². The first-order valence-electron chi connectivity index (χ1n) is 9.47. The van der Waals surface area contributed by atoms with E-state index in [9.17, 15) is 9.59 Å². The van der Waals surface area contributed by atoms with Gasteiger partial charge in [-0.1, -0.05) is 48.5 Å². The Hall–Kier alpha value is -3.84. The fraction of sp³-hybridized carbons (Fsp3) is 0.0417. The maximum absolute atomic E-state index is 12.4. The van der Waals surface area contributed by atoms with Crippen LogP contribution >= 0.6 is 11.8 Å². The summed E-state index contributed by atoms with van der Waals surface area (Å²) in [6.07, 6.45) is 1.77. The van der Waals surface area contributed by atoms with Crippen LogP contribution in [0.3, 0.4) is 0 Å². The van der Waals surface area contributed by atoms with E-state index in [1.807, 2.05) is 54.6 Å². The molecule has 1 heterocycles. The molecule has 0 atom stereocenters. The van der Waals surface area contributed by atoms with Gasteiger partial charge < -0.3 is 15.2 Å². The molecule has 0 unspecified atom stereocenters. The number of nitrogens with zero attached hydrogens (tertiary/aromatic N) is 1. The van der Waals surface area contributed by atoms with E-state index >= 15 is 0 Å². The first kappa shape index (κ1) is 20.4. The van der Waals surface area contributed by atoms with Crippen molar-refractivity contribution in [2.24, 2.45) is 4.99 Å². The lowest BCUT2D eigenvalue weighted by Crippen LogP contribution is -2.19. The predicted molar refractivity (Wildman–Crippen MR) is 121 cm³/mol. The van der Waals surface area contributed by atoms with Crippen LogP contribution in [0.4, 0.5) is 5.69 Å². The number of amidine groups is 1.